The highest BCUT2D eigenvalue weighted by atomic mass is 19.1. The predicted octanol–water partition coefficient (Wildman–Crippen LogP) is 1.62. The van der Waals surface area contributed by atoms with Crippen LogP contribution < -0.4 is 11.2 Å². The number of nitrogens with one attached hydrogen (secondary N) is 2. The summed E-state index contributed by atoms with van der Waals surface area (Å²) in [5.74, 6) is -0.258. The van der Waals surface area contributed by atoms with Crippen molar-refractivity contribution in [3.8, 4) is 0 Å². The fraction of sp³-hybridized carbons (Fsp3) is 0.333. The van der Waals surface area contributed by atoms with Crippen LogP contribution in [0.3, 0.4) is 0 Å². The Hall–Kier alpha value is -1.79. The van der Waals surface area contributed by atoms with Gasteiger partial charge >= 0.3 is 0 Å². The number of halogens is 1. The summed E-state index contributed by atoms with van der Waals surface area (Å²) in [5.41, 5.74) is 7.36. The largest absolute Gasteiger partial charge is 0.788 e. The molecule has 1 rings (SSSR count). The van der Waals surface area contributed by atoms with Crippen LogP contribution >= 0.6 is 0 Å². The van der Waals surface area contributed by atoms with Gasteiger partial charge in [-0.1, -0.05) is 13.8 Å². The van der Waals surface area contributed by atoms with Crippen LogP contribution in [0.2, 0.25) is 0 Å². The molecule has 0 amide bonds. The van der Waals surface area contributed by atoms with Crippen LogP contribution in [-0.4, -0.2) is 18.2 Å². The van der Waals surface area contributed by atoms with E-state index in [1.165, 1.54) is 24.3 Å². The summed E-state index contributed by atoms with van der Waals surface area (Å²) in [5, 5.41) is 18.1. The lowest BCUT2D eigenvalue weighted by Crippen LogP contribution is -2.39. The van der Waals surface area contributed by atoms with Crippen molar-refractivity contribution in [3.63, 3.8) is 0 Å². The molecule has 18 heavy (non-hydrogen) atoms. The van der Waals surface area contributed by atoms with E-state index in [1.807, 2.05) is 0 Å². The molecule has 5 nitrogen and oxygen atoms in total. The van der Waals surface area contributed by atoms with Gasteiger partial charge in [0.15, 0.2) is 5.84 Å². The van der Waals surface area contributed by atoms with Crippen LogP contribution in [0.4, 0.5) is 4.39 Å². The standard InChI is InChI=1S/C12H16FN4O/c1-12(2,7-16-18)11(15)17-10(14)8-3-5-9(13)6-4-8/h3-6,16H,7H2,1-2H3,(H3,14,15,17)/q-1. The second-order valence-electron chi connectivity index (χ2n) is 4.56. The van der Waals surface area contributed by atoms with Crippen molar-refractivity contribution in [2.75, 3.05) is 6.54 Å². The normalized spacial score (nSPS) is 12.6. The Bertz CT molecular complexity index is 454. The highest BCUT2D eigenvalue weighted by Crippen LogP contribution is 2.14. The van der Waals surface area contributed by atoms with Crippen LogP contribution in [0.25, 0.3) is 0 Å². The number of nitrogens with two attached hydrogens (primary N) is 1. The number of hydrogen-bond acceptors (Lipinski definition) is 3. The summed E-state index contributed by atoms with van der Waals surface area (Å²) >= 11 is 0. The summed E-state index contributed by atoms with van der Waals surface area (Å²) in [6.07, 6.45) is 0. The fourth-order valence-corrected chi connectivity index (χ4v) is 1.22. The highest BCUT2D eigenvalue weighted by molar-refractivity contribution is 6.05. The molecular formula is C12H16FN4O-. The first-order chi connectivity index (χ1) is 8.36. The molecular weight excluding hydrogens is 235 g/mol. The van der Waals surface area contributed by atoms with Gasteiger partial charge in [-0.2, -0.15) is 0 Å². The van der Waals surface area contributed by atoms with Gasteiger partial charge in [0, 0.05) is 11.0 Å². The predicted molar refractivity (Wildman–Crippen MR) is 70.0 cm³/mol. The molecule has 0 aromatic heterocycles. The molecule has 0 radical (unpaired) electrons. The molecule has 0 aliphatic rings. The van der Waals surface area contributed by atoms with Gasteiger partial charge in [0.25, 0.3) is 0 Å². The first-order valence-electron chi connectivity index (χ1n) is 5.41. The van der Waals surface area contributed by atoms with Crippen molar-refractivity contribution < 1.29 is 4.39 Å². The molecule has 0 spiro atoms. The highest BCUT2D eigenvalue weighted by Gasteiger charge is 2.21. The second kappa shape index (κ2) is 5.70. The van der Waals surface area contributed by atoms with Crippen molar-refractivity contribution in [1.29, 1.82) is 5.41 Å². The quantitative estimate of drug-likeness (QED) is 0.431. The molecule has 0 aliphatic heterocycles. The van der Waals surface area contributed by atoms with E-state index in [0.717, 1.165) is 0 Å². The van der Waals surface area contributed by atoms with Crippen LogP contribution in [0.1, 0.15) is 19.4 Å². The molecule has 4 N–H and O–H groups in total. The van der Waals surface area contributed by atoms with Crippen LogP contribution in [0, 0.1) is 21.8 Å². The molecule has 1 aromatic rings. The fourth-order valence-electron chi connectivity index (χ4n) is 1.22. The summed E-state index contributed by atoms with van der Waals surface area (Å²) in [6.45, 7) is 3.60. The van der Waals surface area contributed by atoms with Crippen LogP contribution in [-0.2, 0) is 0 Å². The average Bonchev–Trinajstić information content (AvgIpc) is 2.29. The van der Waals surface area contributed by atoms with Crippen LogP contribution in [0.15, 0.2) is 29.3 Å². The summed E-state index contributed by atoms with van der Waals surface area (Å²) in [6, 6.07) is 5.40. The minimum Gasteiger partial charge on any atom is -0.788 e. The molecule has 0 fully saturated rings. The van der Waals surface area contributed by atoms with Gasteiger partial charge in [0.2, 0.25) is 0 Å². The molecule has 0 atom stereocenters. The zero-order chi connectivity index (χ0) is 13.8. The van der Waals surface area contributed by atoms with Gasteiger partial charge in [-0.05, 0) is 30.8 Å². The van der Waals surface area contributed by atoms with Gasteiger partial charge in [-0.25, -0.2) is 9.38 Å². The van der Waals surface area contributed by atoms with E-state index in [4.69, 9.17) is 11.1 Å². The summed E-state index contributed by atoms with van der Waals surface area (Å²) < 4.78 is 12.7. The van der Waals surface area contributed by atoms with Crippen LogP contribution in [0.5, 0.6) is 0 Å². The van der Waals surface area contributed by atoms with Crippen molar-refractivity contribution in [2.45, 2.75) is 13.8 Å². The number of hydrogen-bond donors (Lipinski definition) is 3. The van der Waals surface area contributed by atoms with Crippen molar-refractivity contribution >= 4 is 11.7 Å². The van der Waals surface area contributed by atoms with E-state index >= 15 is 0 Å². The minimum absolute atomic E-state index is 0.0635. The van der Waals surface area contributed by atoms with Crippen molar-refractivity contribution in [1.82, 2.24) is 5.48 Å². The number of aliphatic imine (C=N–C) groups is 1. The summed E-state index contributed by atoms with van der Waals surface area (Å²) in [4.78, 5) is 3.94. The Morgan fingerprint density at radius 2 is 2.00 bits per heavy atom. The van der Waals surface area contributed by atoms with Crippen molar-refractivity contribution in [2.24, 2.45) is 16.1 Å². The Morgan fingerprint density at radius 1 is 1.44 bits per heavy atom. The SMILES string of the molecule is CC(C)(CN[O-])C(N)=NC(=N)c1ccc(F)cc1. The molecule has 0 unspecified atom stereocenters. The minimum atomic E-state index is -0.645. The number of rotatable bonds is 4. The number of amidine groups is 2. The number of benzene rings is 1. The maximum absolute atomic E-state index is 12.7. The molecule has 0 aliphatic carbocycles. The molecule has 0 heterocycles. The lowest BCUT2D eigenvalue weighted by Gasteiger charge is -2.26. The lowest BCUT2D eigenvalue weighted by molar-refractivity contribution is 0.498. The van der Waals surface area contributed by atoms with E-state index in [-0.39, 0.29) is 24.0 Å². The third-order valence-corrected chi connectivity index (χ3v) is 2.56. The first-order valence-corrected chi connectivity index (χ1v) is 5.41. The third-order valence-electron chi connectivity index (χ3n) is 2.56. The average molecular weight is 251 g/mol. The second-order valence-corrected chi connectivity index (χ2v) is 4.56. The molecule has 0 bridgehead atoms. The first kappa shape index (κ1) is 14.3. The summed E-state index contributed by atoms with van der Waals surface area (Å²) in [7, 11) is 0. The molecule has 0 saturated carbocycles. The van der Waals surface area contributed by atoms with Gasteiger partial charge in [0.1, 0.15) is 11.7 Å². The zero-order valence-corrected chi connectivity index (χ0v) is 10.3. The molecule has 6 heteroatoms. The van der Waals surface area contributed by atoms with Crippen molar-refractivity contribution in [3.05, 3.63) is 40.9 Å². The monoisotopic (exact) mass is 251 g/mol. The smallest absolute Gasteiger partial charge is 0.153 e. The molecule has 0 saturated heterocycles. The third kappa shape index (κ3) is 3.61. The number of hydroxylamine groups is 1. The zero-order valence-electron chi connectivity index (χ0n) is 10.3. The Kier molecular flexibility index (Phi) is 4.52. The van der Waals surface area contributed by atoms with E-state index in [2.05, 4.69) is 4.99 Å². The van der Waals surface area contributed by atoms with E-state index in [9.17, 15) is 9.60 Å². The number of nitrogens with zero attached hydrogens (tertiary/aromatic N) is 1. The molecule has 98 valence electrons. The maximum atomic E-state index is 12.7. The van der Waals surface area contributed by atoms with E-state index in [0.29, 0.717) is 5.56 Å². The lowest BCUT2D eigenvalue weighted by atomic mass is 9.92. The van der Waals surface area contributed by atoms with E-state index in [1.54, 1.807) is 19.3 Å². The van der Waals surface area contributed by atoms with E-state index < -0.39 is 5.41 Å². The Balaban J connectivity index is 2.89. The van der Waals surface area contributed by atoms with Gasteiger partial charge < -0.3 is 16.4 Å². The van der Waals surface area contributed by atoms with Gasteiger partial charge in [-0.3, -0.25) is 5.41 Å². The maximum Gasteiger partial charge on any atom is 0.153 e. The van der Waals surface area contributed by atoms with Gasteiger partial charge in [-0.15, -0.1) is 0 Å². The Labute approximate surface area is 105 Å². The van der Waals surface area contributed by atoms with Gasteiger partial charge in [0.05, 0.1) is 0 Å². The Morgan fingerprint density at radius 3 is 2.50 bits per heavy atom. The molecule has 1 aromatic carbocycles. The topological polar surface area (TPSA) is 97.3 Å².